The van der Waals surface area contributed by atoms with Crippen molar-refractivity contribution in [3.8, 4) is 5.75 Å². The number of nitrogens with zero attached hydrogens (tertiary/aromatic N) is 2. The van der Waals surface area contributed by atoms with Crippen LogP contribution in [-0.2, 0) is 26.2 Å². The molecular formula is C28H31ClFN3O5S. The molecule has 3 rings (SSSR count). The molecule has 39 heavy (non-hydrogen) atoms. The van der Waals surface area contributed by atoms with E-state index in [1.54, 1.807) is 38.1 Å². The quantitative estimate of drug-likeness (QED) is 0.360. The van der Waals surface area contributed by atoms with Crippen LogP contribution in [0.1, 0.15) is 26.3 Å². The highest BCUT2D eigenvalue weighted by atomic mass is 35.5. The number of carbonyl (C=O) groups excluding carboxylic acids is 2. The van der Waals surface area contributed by atoms with Crippen LogP contribution < -0.4 is 14.4 Å². The number of amides is 2. The summed E-state index contributed by atoms with van der Waals surface area (Å²) in [6.45, 7) is 4.13. The molecule has 208 valence electrons. The van der Waals surface area contributed by atoms with Crippen LogP contribution in [-0.4, -0.2) is 50.9 Å². The molecule has 11 heteroatoms. The third-order valence-corrected chi connectivity index (χ3v) is 8.01. The maximum absolute atomic E-state index is 14.6. The van der Waals surface area contributed by atoms with Gasteiger partial charge in [-0.2, -0.15) is 0 Å². The second-order valence-electron chi connectivity index (χ2n) is 9.10. The van der Waals surface area contributed by atoms with Crippen molar-refractivity contribution in [3.63, 3.8) is 0 Å². The zero-order valence-corrected chi connectivity index (χ0v) is 23.7. The van der Waals surface area contributed by atoms with Gasteiger partial charge in [0.1, 0.15) is 24.2 Å². The third kappa shape index (κ3) is 7.27. The van der Waals surface area contributed by atoms with Gasteiger partial charge in [-0.15, -0.1) is 0 Å². The minimum Gasteiger partial charge on any atom is -0.495 e. The molecule has 1 atom stereocenters. The lowest BCUT2D eigenvalue weighted by atomic mass is 10.1. The number of hydrogen-bond donors (Lipinski definition) is 1. The number of halogens is 2. The van der Waals surface area contributed by atoms with Gasteiger partial charge in [-0.3, -0.25) is 13.9 Å². The summed E-state index contributed by atoms with van der Waals surface area (Å²) in [4.78, 5) is 27.8. The van der Waals surface area contributed by atoms with E-state index in [1.165, 1.54) is 62.6 Å². The first-order valence-corrected chi connectivity index (χ1v) is 14.0. The number of ether oxygens (including phenoxy) is 1. The van der Waals surface area contributed by atoms with Gasteiger partial charge in [0, 0.05) is 18.2 Å². The number of sulfonamides is 1. The Morgan fingerprint density at radius 1 is 1.00 bits per heavy atom. The van der Waals surface area contributed by atoms with E-state index in [-0.39, 0.29) is 33.8 Å². The molecular weight excluding hydrogens is 545 g/mol. The molecule has 0 spiro atoms. The molecule has 0 unspecified atom stereocenters. The normalized spacial score (nSPS) is 12.1. The fraction of sp³-hybridized carbons (Fsp3) is 0.286. The summed E-state index contributed by atoms with van der Waals surface area (Å²) >= 11 is 6.30. The molecule has 0 saturated carbocycles. The second-order valence-corrected chi connectivity index (χ2v) is 11.4. The van der Waals surface area contributed by atoms with Crippen molar-refractivity contribution in [1.82, 2.24) is 10.2 Å². The Hall–Kier alpha value is -3.63. The van der Waals surface area contributed by atoms with Gasteiger partial charge in [0.25, 0.3) is 10.0 Å². The standard InChI is InChI=1S/C28H31ClFN3O5S/c1-19(2)31-28(35)20(3)32(17-21-10-8-9-13-25(21)30)27(34)18-33(22-14-15-26(38-4)24(29)16-22)39(36,37)23-11-6-5-7-12-23/h5-16,19-20H,17-18H2,1-4H3,(H,31,35)/t20-/m1/s1. The van der Waals surface area contributed by atoms with E-state index >= 15 is 0 Å². The van der Waals surface area contributed by atoms with Crippen LogP contribution in [0.3, 0.4) is 0 Å². The predicted molar refractivity (Wildman–Crippen MR) is 149 cm³/mol. The average Bonchev–Trinajstić information content (AvgIpc) is 2.90. The van der Waals surface area contributed by atoms with Gasteiger partial charge < -0.3 is 15.0 Å². The van der Waals surface area contributed by atoms with Gasteiger partial charge >= 0.3 is 0 Å². The molecule has 0 aliphatic rings. The van der Waals surface area contributed by atoms with Crippen molar-refractivity contribution in [1.29, 1.82) is 0 Å². The number of hydrogen-bond acceptors (Lipinski definition) is 5. The van der Waals surface area contributed by atoms with Crippen LogP contribution >= 0.6 is 11.6 Å². The Labute approximate surface area is 233 Å². The van der Waals surface area contributed by atoms with E-state index in [1.807, 2.05) is 0 Å². The molecule has 0 aliphatic heterocycles. The number of benzene rings is 3. The molecule has 2 amide bonds. The highest BCUT2D eigenvalue weighted by molar-refractivity contribution is 7.92. The van der Waals surface area contributed by atoms with E-state index in [4.69, 9.17) is 16.3 Å². The van der Waals surface area contributed by atoms with Crippen molar-refractivity contribution in [2.24, 2.45) is 0 Å². The molecule has 1 N–H and O–H groups in total. The average molecular weight is 576 g/mol. The van der Waals surface area contributed by atoms with Crippen molar-refractivity contribution < 1.29 is 27.1 Å². The second kappa shape index (κ2) is 12.9. The highest BCUT2D eigenvalue weighted by Gasteiger charge is 2.33. The topological polar surface area (TPSA) is 96.0 Å². The Kier molecular flexibility index (Phi) is 9.93. The van der Waals surface area contributed by atoms with E-state index in [0.29, 0.717) is 5.75 Å². The van der Waals surface area contributed by atoms with Crippen molar-refractivity contribution >= 4 is 39.1 Å². The molecule has 3 aromatic carbocycles. The summed E-state index contributed by atoms with van der Waals surface area (Å²) in [6.07, 6.45) is 0. The minimum absolute atomic E-state index is 0.0454. The van der Waals surface area contributed by atoms with Crippen molar-refractivity contribution in [2.75, 3.05) is 18.0 Å². The van der Waals surface area contributed by atoms with E-state index in [9.17, 15) is 22.4 Å². The van der Waals surface area contributed by atoms with Gasteiger partial charge in [-0.05, 0) is 57.2 Å². The zero-order valence-electron chi connectivity index (χ0n) is 22.1. The van der Waals surface area contributed by atoms with E-state index < -0.39 is 40.2 Å². The first-order chi connectivity index (χ1) is 18.4. The molecule has 0 aromatic heterocycles. The largest absolute Gasteiger partial charge is 0.495 e. The van der Waals surface area contributed by atoms with Crippen molar-refractivity contribution in [3.05, 3.63) is 89.2 Å². The molecule has 0 radical (unpaired) electrons. The fourth-order valence-corrected chi connectivity index (χ4v) is 5.54. The Bertz CT molecular complexity index is 1420. The monoisotopic (exact) mass is 575 g/mol. The molecule has 0 saturated heterocycles. The molecule has 0 bridgehead atoms. The van der Waals surface area contributed by atoms with Gasteiger partial charge in [0.2, 0.25) is 11.8 Å². The molecule has 0 fully saturated rings. The SMILES string of the molecule is COc1ccc(N(CC(=O)N(Cc2ccccc2F)[C@H](C)C(=O)NC(C)C)S(=O)(=O)c2ccccc2)cc1Cl. The van der Waals surface area contributed by atoms with Crippen LogP contribution in [0.25, 0.3) is 0 Å². The van der Waals surface area contributed by atoms with E-state index in [2.05, 4.69) is 5.32 Å². The van der Waals surface area contributed by atoms with E-state index in [0.717, 1.165) is 9.21 Å². The predicted octanol–water partition coefficient (Wildman–Crippen LogP) is 4.62. The van der Waals surface area contributed by atoms with Gasteiger partial charge in [0.05, 0.1) is 22.7 Å². The molecule has 8 nitrogen and oxygen atoms in total. The maximum Gasteiger partial charge on any atom is 0.264 e. The lowest BCUT2D eigenvalue weighted by Crippen LogP contribution is -2.52. The van der Waals surface area contributed by atoms with Gasteiger partial charge in [0.15, 0.2) is 0 Å². The minimum atomic E-state index is -4.25. The smallest absolute Gasteiger partial charge is 0.264 e. The zero-order chi connectivity index (χ0) is 28.7. The number of carbonyl (C=O) groups is 2. The number of nitrogens with one attached hydrogen (secondary N) is 1. The summed E-state index contributed by atoms with van der Waals surface area (Å²) in [5, 5.41) is 2.89. The summed E-state index contributed by atoms with van der Waals surface area (Å²) in [5.74, 6) is -1.40. The number of methoxy groups -OCH3 is 1. The molecule has 0 aliphatic carbocycles. The molecule has 0 heterocycles. The summed E-state index contributed by atoms with van der Waals surface area (Å²) in [5.41, 5.74) is 0.295. The van der Waals surface area contributed by atoms with Crippen LogP contribution in [0, 0.1) is 5.82 Å². The van der Waals surface area contributed by atoms with Gasteiger partial charge in [-0.25, -0.2) is 12.8 Å². The maximum atomic E-state index is 14.6. The molecule has 3 aromatic rings. The lowest BCUT2D eigenvalue weighted by molar-refractivity contribution is -0.139. The van der Waals surface area contributed by atoms with Crippen LogP contribution in [0.2, 0.25) is 5.02 Å². The summed E-state index contributed by atoms with van der Waals surface area (Å²) < 4.78 is 48.2. The van der Waals surface area contributed by atoms with Crippen molar-refractivity contribution in [2.45, 2.75) is 44.3 Å². The first kappa shape index (κ1) is 29.9. The summed E-state index contributed by atoms with van der Waals surface area (Å²) in [6, 6.07) is 16.6. The Balaban J connectivity index is 2.07. The third-order valence-electron chi connectivity index (χ3n) is 5.93. The Morgan fingerprint density at radius 3 is 2.23 bits per heavy atom. The van der Waals surface area contributed by atoms with Crippen LogP contribution in [0.5, 0.6) is 5.75 Å². The first-order valence-electron chi connectivity index (χ1n) is 12.2. The number of anilines is 1. The van der Waals surface area contributed by atoms with Crippen LogP contribution in [0.4, 0.5) is 10.1 Å². The summed E-state index contributed by atoms with van der Waals surface area (Å²) in [7, 11) is -2.83. The van der Waals surface area contributed by atoms with Crippen LogP contribution in [0.15, 0.2) is 77.7 Å². The number of rotatable bonds is 11. The highest BCUT2D eigenvalue weighted by Crippen LogP contribution is 2.32. The lowest BCUT2D eigenvalue weighted by Gasteiger charge is -2.32. The Morgan fingerprint density at radius 2 is 1.64 bits per heavy atom. The van der Waals surface area contributed by atoms with Gasteiger partial charge in [-0.1, -0.05) is 48.0 Å². The fourth-order valence-electron chi connectivity index (χ4n) is 3.86.